The van der Waals surface area contributed by atoms with Crippen molar-refractivity contribution in [2.75, 3.05) is 7.05 Å². The van der Waals surface area contributed by atoms with Crippen molar-refractivity contribution in [2.24, 2.45) is 0 Å². The standard InChI is InChI=1S/C17H20N2.C4H4O4/c1-19-14-7-8-15(19)11-13(10-14)16-6-2-4-12-5-3-9-18-17(12)16;5-3(6)1-2-4(7)8/h2-6,9,13-15H,7-8,10-11H2,1H3;1-2H,(H,5,6)(H,7,8)/b;2-1+. The zero-order valence-electron chi connectivity index (χ0n) is 15.3. The molecule has 2 aliphatic heterocycles. The molecule has 2 N–H and O–H groups in total. The van der Waals surface area contributed by atoms with Crippen molar-refractivity contribution < 1.29 is 19.8 Å². The summed E-state index contributed by atoms with van der Waals surface area (Å²) >= 11 is 0. The van der Waals surface area contributed by atoms with E-state index in [-0.39, 0.29) is 0 Å². The SMILES string of the molecule is CN1C2CCC1CC(c1cccc3cccnc13)C2.O=C(O)/C=C/C(=O)O. The Morgan fingerprint density at radius 2 is 1.63 bits per heavy atom. The summed E-state index contributed by atoms with van der Waals surface area (Å²) in [7, 11) is 2.31. The average Bonchev–Trinajstić information content (AvgIpc) is 2.86. The number of aromatic nitrogens is 1. The van der Waals surface area contributed by atoms with Gasteiger partial charge >= 0.3 is 11.9 Å². The minimum atomic E-state index is -1.26. The third-order valence-corrected chi connectivity index (χ3v) is 5.57. The first kappa shape index (κ1) is 19.0. The first-order valence-corrected chi connectivity index (χ1v) is 9.15. The van der Waals surface area contributed by atoms with E-state index in [1.807, 2.05) is 12.3 Å². The molecule has 2 bridgehead atoms. The molecule has 0 saturated carbocycles. The largest absolute Gasteiger partial charge is 0.478 e. The number of hydrogen-bond donors (Lipinski definition) is 2. The van der Waals surface area contributed by atoms with Crippen LogP contribution in [0.1, 0.15) is 37.2 Å². The summed E-state index contributed by atoms with van der Waals surface area (Å²) in [5, 5.41) is 16.9. The van der Waals surface area contributed by atoms with E-state index in [9.17, 15) is 9.59 Å². The maximum Gasteiger partial charge on any atom is 0.328 e. The summed E-state index contributed by atoms with van der Waals surface area (Å²) in [4.78, 5) is 26.3. The van der Waals surface area contributed by atoms with Gasteiger partial charge < -0.3 is 15.1 Å². The first-order chi connectivity index (χ1) is 13.0. The molecule has 142 valence electrons. The number of rotatable bonds is 3. The van der Waals surface area contributed by atoms with Crippen LogP contribution in [-0.4, -0.2) is 51.2 Å². The lowest BCUT2D eigenvalue weighted by atomic mass is 9.84. The molecule has 2 fully saturated rings. The maximum atomic E-state index is 9.55. The molecular formula is C21H24N2O4. The molecule has 0 aliphatic carbocycles. The van der Waals surface area contributed by atoms with E-state index in [0.717, 1.165) is 12.1 Å². The Morgan fingerprint density at radius 3 is 2.22 bits per heavy atom. The van der Waals surface area contributed by atoms with Crippen LogP contribution in [0.2, 0.25) is 0 Å². The van der Waals surface area contributed by atoms with Crippen LogP contribution in [0.15, 0.2) is 48.7 Å². The number of carboxylic acid groups (broad SMARTS) is 2. The smallest absolute Gasteiger partial charge is 0.328 e. The maximum absolute atomic E-state index is 9.55. The molecule has 3 heterocycles. The van der Waals surface area contributed by atoms with Gasteiger partial charge in [0.2, 0.25) is 0 Å². The molecule has 2 aromatic rings. The van der Waals surface area contributed by atoms with Crippen molar-refractivity contribution in [3.05, 3.63) is 54.2 Å². The number of piperidine rings is 1. The molecule has 1 aromatic carbocycles. The Morgan fingerprint density at radius 1 is 1.04 bits per heavy atom. The summed E-state index contributed by atoms with van der Waals surface area (Å²) in [6, 6.07) is 12.5. The Bertz CT molecular complexity index is 829. The average molecular weight is 368 g/mol. The predicted octanol–water partition coefficient (Wildman–Crippen LogP) is 3.29. The highest BCUT2D eigenvalue weighted by Crippen LogP contribution is 2.43. The van der Waals surface area contributed by atoms with Crippen molar-refractivity contribution in [3.8, 4) is 0 Å². The Hall–Kier alpha value is -2.73. The van der Waals surface area contributed by atoms with Crippen molar-refractivity contribution in [2.45, 2.75) is 43.7 Å². The molecule has 2 unspecified atom stereocenters. The Labute approximate surface area is 158 Å². The second-order valence-electron chi connectivity index (χ2n) is 7.15. The highest BCUT2D eigenvalue weighted by atomic mass is 16.4. The van der Waals surface area contributed by atoms with E-state index in [1.165, 1.54) is 42.1 Å². The van der Waals surface area contributed by atoms with Gasteiger partial charge in [0, 0.05) is 35.8 Å². The number of carbonyl (C=O) groups is 2. The van der Waals surface area contributed by atoms with Gasteiger partial charge in [0.1, 0.15) is 0 Å². The molecule has 0 amide bonds. The van der Waals surface area contributed by atoms with Crippen LogP contribution in [0.5, 0.6) is 0 Å². The molecule has 0 spiro atoms. The van der Waals surface area contributed by atoms with Crippen LogP contribution in [0.25, 0.3) is 10.9 Å². The van der Waals surface area contributed by atoms with E-state index in [4.69, 9.17) is 10.2 Å². The van der Waals surface area contributed by atoms with Gasteiger partial charge in [-0.3, -0.25) is 4.98 Å². The minimum Gasteiger partial charge on any atom is -0.478 e. The molecule has 27 heavy (non-hydrogen) atoms. The molecule has 1 aromatic heterocycles. The molecule has 4 rings (SSSR count). The minimum absolute atomic E-state index is 0.558. The van der Waals surface area contributed by atoms with Gasteiger partial charge in [0.25, 0.3) is 0 Å². The van der Waals surface area contributed by atoms with Crippen LogP contribution in [0.3, 0.4) is 0 Å². The lowest BCUT2D eigenvalue weighted by molar-refractivity contribution is -0.134. The normalized spacial score (nSPS) is 24.6. The van der Waals surface area contributed by atoms with E-state index in [0.29, 0.717) is 18.1 Å². The summed E-state index contributed by atoms with van der Waals surface area (Å²) in [6.07, 6.45) is 8.43. The molecule has 6 heteroatoms. The fraction of sp³-hybridized carbons (Fsp3) is 0.381. The number of carboxylic acids is 2. The van der Waals surface area contributed by atoms with Gasteiger partial charge in [-0.25, -0.2) is 9.59 Å². The van der Waals surface area contributed by atoms with Gasteiger partial charge in [-0.2, -0.15) is 0 Å². The zero-order valence-corrected chi connectivity index (χ0v) is 15.3. The van der Waals surface area contributed by atoms with Crippen molar-refractivity contribution >= 4 is 22.8 Å². The number of nitrogens with zero attached hydrogens (tertiary/aromatic N) is 2. The Kier molecular flexibility index (Phi) is 5.86. The van der Waals surface area contributed by atoms with Gasteiger partial charge in [-0.05, 0) is 50.3 Å². The van der Waals surface area contributed by atoms with Crippen molar-refractivity contribution in [1.29, 1.82) is 0 Å². The number of para-hydroxylation sites is 1. The summed E-state index contributed by atoms with van der Waals surface area (Å²) in [6.45, 7) is 0. The van der Waals surface area contributed by atoms with Gasteiger partial charge in [0.05, 0.1) is 5.52 Å². The number of pyridine rings is 1. The molecule has 6 nitrogen and oxygen atoms in total. The third-order valence-electron chi connectivity index (χ3n) is 5.57. The van der Waals surface area contributed by atoms with E-state index in [2.05, 4.69) is 41.2 Å². The molecule has 2 saturated heterocycles. The van der Waals surface area contributed by atoms with Crippen LogP contribution >= 0.6 is 0 Å². The second kappa shape index (κ2) is 8.31. The summed E-state index contributed by atoms with van der Waals surface area (Å²) < 4.78 is 0. The van der Waals surface area contributed by atoms with Crippen LogP contribution in [0, 0.1) is 0 Å². The second-order valence-corrected chi connectivity index (χ2v) is 7.15. The molecule has 0 radical (unpaired) electrons. The zero-order chi connectivity index (χ0) is 19.4. The monoisotopic (exact) mass is 368 g/mol. The molecule has 2 aliphatic rings. The number of fused-ring (bicyclic) bond motifs is 3. The van der Waals surface area contributed by atoms with Crippen molar-refractivity contribution in [1.82, 2.24) is 9.88 Å². The number of hydrogen-bond acceptors (Lipinski definition) is 4. The predicted molar refractivity (Wildman–Crippen MR) is 103 cm³/mol. The lowest BCUT2D eigenvalue weighted by Gasteiger charge is -2.36. The Balaban J connectivity index is 0.000000226. The van der Waals surface area contributed by atoms with E-state index >= 15 is 0 Å². The van der Waals surface area contributed by atoms with Crippen LogP contribution in [-0.2, 0) is 9.59 Å². The fourth-order valence-corrected chi connectivity index (χ4v) is 4.27. The number of aliphatic carboxylic acids is 2. The van der Waals surface area contributed by atoms with Gasteiger partial charge in [0.15, 0.2) is 0 Å². The number of benzene rings is 1. The lowest BCUT2D eigenvalue weighted by Crippen LogP contribution is -2.39. The fourth-order valence-electron chi connectivity index (χ4n) is 4.27. The molecule has 2 atom stereocenters. The highest BCUT2D eigenvalue weighted by Gasteiger charge is 2.39. The van der Waals surface area contributed by atoms with Crippen LogP contribution in [0.4, 0.5) is 0 Å². The summed E-state index contributed by atoms with van der Waals surface area (Å²) in [5.74, 6) is -1.81. The topological polar surface area (TPSA) is 90.7 Å². The quantitative estimate of drug-likeness (QED) is 0.808. The van der Waals surface area contributed by atoms with E-state index in [1.54, 1.807) is 0 Å². The van der Waals surface area contributed by atoms with E-state index < -0.39 is 11.9 Å². The highest BCUT2D eigenvalue weighted by molar-refractivity contribution is 5.89. The first-order valence-electron chi connectivity index (χ1n) is 9.15. The van der Waals surface area contributed by atoms with Gasteiger partial charge in [-0.15, -0.1) is 0 Å². The van der Waals surface area contributed by atoms with Gasteiger partial charge in [-0.1, -0.05) is 24.3 Å². The third kappa shape index (κ3) is 4.52. The van der Waals surface area contributed by atoms with Crippen molar-refractivity contribution in [3.63, 3.8) is 0 Å². The summed E-state index contributed by atoms with van der Waals surface area (Å²) in [5.41, 5.74) is 2.70. The van der Waals surface area contributed by atoms with Crippen LogP contribution < -0.4 is 0 Å². The molecular weight excluding hydrogens is 344 g/mol.